The van der Waals surface area contributed by atoms with Crippen LogP contribution < -0.4 is 11.5 Å². The van der Waals surface area contributed by atoms with Crippen molar-refractivity contribution in [3.8, 4) is 0 Å². The normalized spacial score (nSPS) is 12.6. The number of amides is 1. The summed E-state index contributed by atoms with van der Waals surface area (Å²) in [6, 6.07) is 3.21. The molecule has 6 nitrogen and oxygen atoms in total. The second kappa shape index (κ2) is 3.79. The molecule has 15 heavy (non-hydrogen) atoms. The van der Waals surface area contributed by atoms with Crippen LogP contribution in [0.3, 0.4) is 0 Å². The van der Waals surface area contributed by atoms with E-state index in [1.165, 1.54) is 11.3 Å². The van der Waals surface area contributed by atoms with Crippen molar-refractivity contribution in [3.63, 3.8) is 0 Å². The van der Waals surface area contributed by atoms with E-state index in [9.17, 15) is 4.79 Å². The van der Waals surface area contributed by atoms with Crippen molar-refractivity contribution >= 4 is 17.2 Å². The van der Waals surface area contributed by atoms with Crippen LogP contribution in [0, 0.1) is 0 Å². The van der Waals surface area contributed by atoms with Gasteiger partial charge in [0.1, 0.15) is 6.04 Å². The topological polar surface area (TPSA) is 108 Å². The zero-order valence-corrected chi connectivity index (χ0v) is 8.40. The molecule has 78 valence electrons. The van der Waals surface area contributed by atoms with Gasteiger partial charge in [-0.15, -0.1) is 11.3 Å². The molecule has 0 radical (unpaired) electrons. The van der Waals surface area contributed by atoms with Crippen LogP contribution in [0.2, 0.25) is 0 Å². The van der Waals surface area contributed by atoms with E-state index in [4.69, 9.17) is 16.0 Å². The van der Waals surface area contributed by atoms with Gasteiger partial charge in [-0.25, -0.2) is 0 Å². The van der Waals surface area contributed by atoms with Crippen LogP contribution in [0.4, 0.5) is 0 Å². The molecule has 2 aromatic rings. The second-order valence-electron chi connectivity index (χ2n) is 2.81. The van der Waals surface area contributed by atoms with Gasteiger partial charge in [0.05, 0.1) is 0 Å². The lowest BCUT2D eigenvalue weighted by Gasteiger charge is -2.01. The van der Waals surface area contributed by atoms with E-state index in [-0.39, 0.29) is 11.7 Å². The minimum absolute atomic E-state index is 0.156. The number of hydrogen-bond donors (Lipinski definition) is 2. The number of aromatic nitrogens is 2. The van der Waals surface area contributed by atoms with Gasteiger partial charge >= 0.3 is 0 Å². The molecule has 0 aliphatic carbocycles. The molecule has 2 aromatic heterocycles. The highest BCUT2D eigenvalue weighted by molar-refractivity contribution is 7.10. The van der Waals surface area contributed by atoms with Gasteiger partial charge in [0, 0.05) is 4.88 Å². The summed E-state index contributed by atoms with van der Waals surface area (Å²) in [6.07, 6.45) is 0. The van der Waals surface area contributed by atoms with Crippen molar-refractivity contribution in [1.82, 2.24) is 10.1 Å². The van der Waals surface area contributed by atoms with Gasteiger partial charge < -0.3 is 16.0 Å². The molecule has 0 saturated carbocycles. The van der Waals surface area contributed by atoms with Gasteiger partial charge in [-0.2, -0.15) is 4.98 Å². The van der Waals surface area contributed by atoms with Crippen molar-refractivity contribution in [1.29, 1.82) is 0 Å². The molecule has 1 unspecified atom stereocenters. The van der Waals surface area contributed by atoms with Crippen molar-refractivity contribution in [3.05, 3.63) is 34.1 Å². The van der Waals surface area contributed by atoms with Crippen molar-refractivity contribution < 1.29 is 9.32 Å². The van der Waals surface area contributed by atoms with Gasteiger partial charge in [0.15, 0.2) is 0 Å². The van der Waals surface area contributed by atoms with Crippen LogP contribution in [-0.4, -0.2) is 16.0 Å². The summed E-state index contributed by atoms with van der Waals surface area (Å²) < 4.78 is 4.83. The summed E-state index contributed by atoms with van der Waals surface area (Å²) in [6.45, 7) is 0. The molecule has 2 rings (SSSR count). The average molecular weight is 224 g/mol. The SMILES string of the molecule is NC(=O)c1noc(C(N)c2cccs2)n1. The molecule has 0 spiro atoms. The van der Waals surface area contributed by atoms with Crippen LogP contribution in [0.15, 0.2) is 22.0 Å². The largest absolute Gasteiger partial charge is 0.363 e. The Balaban J connectivity index is 2.26. The zero-order valence-electron chi connectivity index (χ0n) is 7.58. The molecule has 0 bridgehead atoms. The average Bonchev–Trinajstić information content (AvgIpc) is 2.88. The number of nitrogens with two attached hydrogens (primary N) is 2. The van der Waals surface area contributed by atoms with Gasteiger partial charge in [-0.05, 0) is 11.4 Å². The Hall–Kier alpha value is -1.73. The Morgan fingerprint density at radius 3 is 2.93 bits per heavy atom. The highest BCUT2D eigenvalue weighted by Crippen LogP contribution is 2.22. The quantitative estimate of drug-likeness (QED) is 0.778. The molecular formula is C8H8N4O2S. The third-order valence-corrected chi connectivity index (χ3v) is 2.73. The van der Waals surface area contributed by atoms with Crippen molar-refractivity contribution in [2.24, 2.45) is 11.5 Å². The van der Waals surface area contributed by atoms with E-state index in [2.05, 4.69) is 10.1 Å². The molecule has 0 aliphatic rings. The predicted molar refractivity (Wildman–Crippen MR) is 53.2 cm³/mol. The zero-order chi connectivity index (χ0) is 10.8. The number of hydrogen-bond acceptors (Lipinski definition) is 6. The lowest BCUT2D eigenvalue weighted by Crippen LogP contribution is -2.14. The molecular weight excluding hydrogens is 216 g/mol. The third kappa shape index (κ3) is 1.88. The summed E-state index contributed by atoms with van der Waals surface area (Å²) in [5.41, 5.74) is 10.8. The Kier molecular flexibility index (Phi) is 2.48. The highest BCUT2D eigenvalue weighted by Gasteiger charge is 2.19. The first kappa shape index (κ1) is 9.81. The molecule has 0 fully saturated rings. The maximum atomic E-state index is 10.7. The summed E-state index contributed by atoms with van der Waals surface area (Å²) in [5, 5.41) is 5.30. The summed E-state index contributed by atoms with van der Waals surface area (Å²) in [5.74, 6) is -0.702. The monoisotopic (exact) mass is 224 g/mol. The van der Waals surface area contributed by atoms with E-state index >= 15 is 0 Å². The minimum atomic E-state index is -0.733. The Morgan fingerprint density at radius 2 is 2.40 bits per heavy atom. The first-order chi connectivity index (χ1) is 7.18. The van der Waals surface area contributed by atoms with Gasteiger partial charge in [0.2, 0.25) is 5.89 Å². The lowest BCUT2D eigenvalue weighted by atomic mass is 10.2. The smallest absolute Gasteiger partial charge is 0.290 e. The summed E-state index contributed by atoms with van der Waals surface area (Å²) in [4.78, 5) is 15.4. The lowest BCUT2D eigenvalue weighted by molar-refractivity contribution is 0.0987. The Bertz CT molecular complexity index is 465. The minimum Gasteiger partial charge on any atom is -0.363 e. The molecule has 0 saturated heterocycles. The number of primary amides is 1. The molecule has 7 heteroatoms. The first-order valence-corrected chi connectivity index (χ1v) is 4.99. The maximum Gasteiger partial charge on any atom is 0.290 e. The Morgan fingerprint density at radius 1 is 1.60 bits per heavy atom. The fraction of sp³-hybridized carbons (Fsp3) is 0.125. The Labute approximate surface area is 88.9 Å². The molecule has 0 aliphatic heterocycles. The number of rotatable bonds is 3. The number of carbonyl (C=O) groups excluding carboxylic acids is 1. The third-order valence-electron chi connectivity index (χ3n) is 1.78. The first-order valence-electron chi connectivity index (χ1n) is 4.11. The fourth-order valence-corrected chi connectivity index (χ4v) is 1.77. The number of thiophene rings is 1. The van der Waals surface area contributed by atoms with Gasteiger partial charge in [-0.3, -0.25) is 4.79 Å². The fourth-order valence-electron chi connectivity index (χ4n) is 1.05. The standard InChI is InChI=1S/C8H8N4O2S/c9-5(4-2-1-3-15-4)8-11-7(6(10)13)12-14-8/h1-3,5H,9H2,(H2,10,13). The summed E-state index contributed by atoms with van der Waals surface area (Å²) >= 11 is 1.47. The van der Waals surface area contributed by atoms with Crippen LogP contribution in [0.1, 0.15) is 27.4 Å². The van der Waals surface area contributed by atoms with Gasteiger partial charge in [0.25, 0.3) is 11.7 Å². The molecule has 0 aromatic carbocycles. The van der Waals surface area contributed by atoms with Crippen molar-refractivity contribution in [2.75, 3.05) is 0 Å². The van der Waals surface area contributed by atoms with Crippen LogP contribution >= 0.6 is 11.3 Å². The van der Waals surface area contributed by atoms with Crippen LogP contribution in [-0.2, 0) is 0 Å². The van der Waals surface area contributed by atoms with E-state index in [1.54, 1.807) is 0 Å². The van der Waals surface area contributed by atoms with E-state index in [0.717, 1.165) is 4.88 Å². The molecule has 1 atom stereocenters. The molecule has 4 N–H and O–H groups in total. The number of carbonyl (C=O) groups is 1. The van der Waals surface area contributed by atoms with Crippen LogP contribution in [0.25, 0.3) is 0 Å². The maximum absolute atomic E-state index is 10.7. The predicted octanol–water partition coefficient (Wildman–Crippen LogP) is 0.278. The van der Waals surface area contributed by atoms with E-state index < -0.39 is 11.9 Å². The molecule has 2 heterocycles. The van der Waals surface area contributed by atoms with Crippen LogP contribution in [0.5, 0.6) is 0 Å². The van der Waals surface area contributed by atoms with Gasteiger partial charge in [-0.1, -0.05) is 11.2 Å². The van der Waals surface area contributed by atoms with E-state index in [0.29, 0.717) is 0 Å². The molecule has 1 amide bonds. The summed E-state index contributed by atoms with van der Waals surface area (Å²) in [7, 11) is 0. The van der Waals surface area contributed by atoms with E-state index in [1.807, 2.05) is 17.5 Å². The highest BCUT2D eigenvalue weighted by atomic mass is 32.1. The second-order valence-corrected chi connectivity index (χ2v) is 3.79. The number of nitrogens with zero attached hydrogens (tertiary/aromatic N) is 2. The van der Waals surface area contributed by atoms with Crippen molar-refractivity contribution in [2.45, 2.75) is 6.04 Å².